The van der Waals surface area contributed by atoms with Crippen molar-refractivity contribution in [2.24, 2.45) is 23.1 Å². The molecule has 0 saturated heterocycles. The fourth-order valence-electron chi connectivity index (χ4n) is 4.66. The molecule has 0 rings (SSSR count). The molecular formula is C34H64N4O6. The molecule has 256 valence electrons. The lowest BCUT2D eigenvalue weighted by Gasteiger charge is -2.33. The number of nitrogens with two attached hydrogens (primary N) is 3. The maximum absolute atomic E-state index is 13.6. The average molecular weight is 625 g/mol. The number of unbranched alkanes of at least 4 members (excludes halogenated alkanes) is 12. The Kier molecular flexibility index (Phi) is 20.1. The molecule has 2 amide bonds. The molecule has 6 N–H and O–H groups in total. The highest BCUT2D eigenvalue weighted by Gasteiger charge is 2.44. The number of esters is 2. The normalized spacial score (nSPS) is 13.1. The van der Waals surface area contributed by atoms with Crippen LogP contribution >= 0.6 is 0 Å². The lowest BCUT2D eigenvalue weighted by molar-refractivity contribution is -0.169. The SMILES string of the molecule is CCCCCCCCC=CCCCCCCCCN(CC(N)=O)C(=O)C(CC(N)(N)C(=O)OC(C)(C)C)C(=O)OC(C)(C)C. The number of primary amides is 1. The zero-order valence-electron chi connectivity index (χ0n) is 28.9. The van der Waals surface area contributed by atoms with Gasteiger partial charge in [-0.3, -0.25) is 14.4 Å². The van der Waals surface area contributed by atoms with E-state index in [0.717, 1.165) is 38.5 Å². The Bertz CT molecular complexity index is 889. The Morgan fingerprint density at radius 3 is 1.61 bits per heavy atom. The van der Waals surface area contributed by atoms with Crippen LogP contribution in [0.25, 0.3) is 0 Å². The minimum atomic E-state index is -2.15. The minimum absolute atomic E-state index is 0.219. The molecule has 0 saturated carbocycles. The van der Waals surface area contributed by atoms with Gasteiger partial charge in [-0.05, 0) is 73.6 Å². The van der Waals surface area contributed by atoms with Crippen LogP contribution in [0.1, 0.15) is 145 Å². The summed E-state index contributed by atoms with van der Waals surface area (Å²) in [5.74, 6) is -4.80. The monoisotopic (exact) mass is 624 g/mol. The number of hydrogen-bond donors (Lipinski definition) is 3. The Morgan fingerprint density at radius 2 is 1.16 bits per heavy atom. The highest BCUT2D eigenvalue weighted by Crippen LogP contribution is 2.23. The summed E-state index contributed by atoms with van der Waals surface area (Å²) in [6.07, 6.45) is 20.0. The van der Waals surface area contributed by atoms with Crippen molar-refractivity contribution in [1.82, 2.24) is 4.90 Å². The van der Waals surface area contributed by atoms with Crippen LogP contribution in [0, 0.1) is 5.92 Å². The van der Waals surface area contributed by atoms with Crippen LogP contribution in [0.4, 0.5) is 0 Å². The standard InChI is InChI=1S/C34H64N4O6/c1-8-9-10-11-12-13-14-15-16-17-18-19-20-21-22-23-24-38(26-28(35)39)29(40)27(30(41)43-32(2,3)4)25-34(36,37)31(42)44-33(5,6)7/h15-16,27H,8-14,17-26,36-37H2,1-7H3,(H2,35,39). The van der Waals surface area contributed by atoms with E-state index in [9.17, 15) is 19.2 Å². The van der Waals surface area contributed by atoms with Crippen molar-refractivity contribution in [3.05, 3.63) is 12.2 Å². The highest BCUT2D eigenvalue weighted by atomic mass is 16.6. The van der Waals surface area contributed by atoms with Crippen molar-refractivity contribution in [1.29, 1.82) is 0 Å². The van der Waals surface area contributed by atoms with Gasteiger partial charge in [0, 0.05) is 13.0 Å². The fourth-order valence-corrected chi connectivity index (χ4v) is 4.66. The summed E-state index contributed by atoms with van der Waals surface area (Å²) in [7, 11) is 0. The van der Waals surface area contributed by atoms with Crippen molar-refractivity contribution in [2.75, 3.05) is 13.1 Å². The summed E-state index contributed by atoms with van der Waals surface area (Å²) in [4.78, 5) is 52.6. The van der Waals surface area contributed by atoms with Crippen LogP contribution in [-0.2, 0) is 28.7 Å². The van der Waals surface area contributed by atoms with Crippen LogP contribution in [0.15, 0.2) is 12.2 Å². The second-order valence-corrected chi connectivity index (χ2v) is 14.0. The second kappa shape index (κ2) is 21.3. The van der Waals surface area contributed by atoms with Crippen LogP contribution in [0.3, 0.4) is 0 Å². The van der Waals surface area contributed by atoms with E-state index in [-0.39, 0.29) is 13.1 Å². The number of carbonyl (C=O) groups is 4. The Hall–Kier alpha value is -2.46. The number of amides is 2. The third kappa shape index (κ3) is 21.3. The zero-order chi connectivity index (χ0) is 33.8. The molecule has 0 radical (unpaired) electrons. The van der Waals surface area contributed by atoms with Gasteiger partial charge in [-0.1, -0.05) is 76.9 Å². The van der Waals surface area contributed by atoms with E-state index in [1.807, 2.05) is 0 Å². The first-order valence-electron chi connectivity index (χ1n) is 16.7. The van der Waals surface area contributed by atoms with E-state index in [2.05, 4.69) is 19.1 Å². The predicted octanol–water partition coefficient (Wildman–Crippen LogP) is 5.64. The van der Waals surface area contributed by atoms with Crippen molar-refractivity contribution < 1.29 is 28.7 Å². The second-order valence-electron chi connectivity index (χ2n) is 14.0. The molecule has 0 heterocycles. The molecule has 10 nitrogen and oxygen atoms in total. The number of carbonyl (C=O) groups excluding carboxylic acids is 4. The first-order valence-corrected chi connectivity index (χ1v) is 16.7. The van der Waals surface area contributed by atoms with Crippen LogP contribution < -0.4 is 17.2 Å². The zero-order valence-corrected chi connectivity index (χ0v) is 28.9. The predicted molar refractivity (Wildman–Crippen MR) is 176 cm³/mol. The van der Waals surface area contributed by atoms with E-state index >= 15 is 0 Å². The van der Waals surface area contributed by atoms with Gasteiger partial charge >= 0.3 is 11.9 Å². The van der Waals surface area contributed by atoms with E-state index in [0.29, 0.717) is 6.42 Å². The smallest absolute Gasteiger partial charge is 0.341 e. The van der Waals surface area contributed by atoms with Gasteiger partial charge in [0.2, 0.25) is 11.8 Å². The molecule has 0 aliphatic heterocycles. The highest BCUT2D eigenvalue weighted by molar-refractivity contribution is 6.00. The van der Waals surface area contributed by atoms with E-state index < -0.39 is 53.0 Å². The Morgan fingerprint density at radius 1 is 0.705 bits per heavy atom. The number of allylic oxidation sites excluding steroid dienone is 2. The van der Waals surface area contributed by atoms with Gasteiger partial charge in [0.1, 0.15) is 17.1 Å². The van der Waals surface area contributed by atoms with Crippen LogP contribution in [0.5, 0.6) is 0 Å². The molecule has 44 heavy (non-hydrogen) atoms. The van der Waals surface area contributed by atoms with Gasteiger partial charge in [-0.2, -0.15) is 0 Å². The van der Waals surface area contributed by atoms with E-state index in [1.165, 1.54) is 49.8 Å². The number of nitrogens with zero attached hydrogens (tertiary/aromatic N) is 1. The molecule has 0 aromatic heterocycles. The van der Waals surface area contributed by atoms with Crippen molar-refractivity contribution in [2.45, 2.75) is 162 Å². The molecule has 1 unspecified atom stereocenters. The van der Waals surface area contributed by atoms with Gasteiger partial charge in [0.25, 0.3) is 0 Å². The summed E-state index contributed by atoms with van der Waals surface area (Å²) >= 11 is 0. The number of ether oxygens (including phenoxy) is 2. The molecule has 0 bridgehead atoms. The summed E-state index contributed by atoms with van der Waals surface area (Å²) < 4.78 is 10.8. The van der Waals surface area contributed by atoms with E-state index in [4.69, 9.17) is 26.7 Å². The molecule has 10 heteroatoms. The summed E-state index contributed by atoms with van der Waals surface area (Å²) in [6.45, 7) is 12.0. The quantitative estimate of drug-likeness (QED) is 0.0431. The topological polar surface area (TPSA) is 168 Å². The van der Waals surface area contributed by atoms with Gasteiger partial charge in [-0.25, -0.2) is 4.79 Å². The first kappa shape index (κ1) is 41.5. The van der Waals surface area contributed by atoms with Gasteiger partial charge in [-0.15, -0.1) is 0 Å². The molecule has 0 aromatic carbocycles. The summed E-state index contributed by atoms with van der Waals surface area (Å²) in [5.41, 5.74) is 13.7. The largest absolute Gasteiger partial charge is 0.459 e. The molecule has 1 atom stereocenters. The molecule has 0 aromatic rings. The molecular weight excluding hydrogens is 560 g/mol. The number of hydrogen-bond acceptors (Lipinski definition) is 8. The Labute approximate surface area is 267 Å². The first-order chi connectivity index (χ1) is 20.4. The van der Waals surface area contributed by atoms with Crippen molar-refractivity contribution in [3.63, 3.8) is 0 Å². The lowest BCUT2D eigenvalue weighted by Crippen LogP contribution is -2.61. The van der Waals surface area contributed by atoms with Crippen LogP contribution in [-0.4, -0.2) is 58.6 Å². The number of rotatable bonds is 23. The van der Waals surface area contributed by atoms with Gasteiger partial charge in [0.05, 0.1) is 6.54 Å². The van der Waals surface area contributed by atoms with E-state index in [1.54, 1.807) is 41.5 Å². The molecule has 0 spiro atoms. The summed E-state index contributed by atoms with van der Waals surface area (Å²) in [6, 6.07) is 0. The molecule has 0 aliphatic rings. The van der Waals surface area contributed by atoms with Crippen LogP contribution in [0.2, 0.25) is 0 Å². The molecule has 0 aliphatic carbocycles. The fraction of sp³-hybridized carbons (Fsp3) is 0.824. The lowest BCUT2D eigenvalue weighted by atomic mass is 9.93. The maximum Gasteiger partial charge on any atom is 0.341 e. The van der Waals surface area contributed by atoms with Crippen molar-refractivity contribution >= 4 is 23.8 Å². The van der Waals surface area contributed by atoms with Gasteiger partial charge < -0.3 is 31.6 Å². The third-order valence-electron chi connectivity index (χ3n) is 6.91. The minimum Gasteiger partial charge on any atom is -0.459 e. The third-order valence-corrected chi connectivity index (χ3v) is 6.91. The molecule has 0 fully saturated rings. The maximum atomic E-state index is 13.6. The Balaban J connectivity index is 4.96. The average Bonchev–Trinajstić information content (AvgIpc) is 2.88. The van der Waals surface area contributed by atoms with Gasteiger partial charge in [0.15, 0.2) is 5.66 Å². The summed E-state index contributed by atoms with van der Waals surface area (Å²) in [5, 5.41) is 0. The van der Waals surface area contributed by atoms with Crippen molar-refractivity contribution in [3.8, 4) is 0 Å².